The number of nitrogens with one attached hydrogen (secondary N) is 1. The van der Waals surface area contributed by atoms with Gasteiger partial charge < -0.3 is 15.2 Å². The van der Waals surface area contributed by atoms with Crippen molar-refractivity contribution in [2.75, 3.05) is 7.11 Å². The van der Waals surface area contributed by atoms with E-state index in [1.165, 1.54) is 38.9 Å². The molecule has 0 atom stereocenters. The molecular weight excluding hydrogens is 242 g/mol. The molecule has 1 aliphatic rings. The molecule has 0 radical (unpaired) electrons. The smallest absolute Gasteiger partial charge is 0.255 e. The topological polar surface area (TPSA) is 58.6 Å². The Bertz CT molecular complexity index is 437. The van der Waals surface area contributed by atoms with Gasteiger partial charge in [-0.15, -0.1) is 0 Å². The number of ether oxygens (including phenoxy) is 1. The number of carbonyl (C=O) groups is 1. The molecule has 0 aromatic heterocycles. The lowest BCUT2D eigenvalue weighted by molar-refractivity contribution is 0.0930. The maximum atomic E-state index is 12.1. The largest absolute Gasteiger partial charge is 0.507 e. The molecule has 2 N–H and O–H groups in total. The minimum atomic E-state index is -0.202. The average Bonchev–Trinajstić information content (AvgIpc) is 2.67. The second-order valence-corrected chi connectivity index (χ2v) is 5.05. The summed E-state index contributed by atoms with van der Waals surface area (Å²) < 4.78 is 5.00. The molecule has 1 fully saturated rings. The molecule has 2 rings (SSSR count). The highest BCUT2D eigenvalue weighted by atomic mass is 16.5. The summed E-state index contributed by atoms with van der Waals surface area (Å²) in [5.74, 6) is 0.307. The molecule has 19 heavy (non-hydrogen) atoms. The van der Waals surface area contributed by atoms with E-state index in [2.05, 4.69) is 5.32 Å². The second-order valence-electron chi connectivity index (χ2n) is 5.05. The number of rotatable bonds is 3. The first-order valence-corrected chi connectivity index (χ1v) is 6.88. The number of aromatic hydroxyl groups is 1. The Balaban J connectivity index is 2.02. The van der Waals surface area contributed by atoms with Gasteiger partial charge in [0.25, 0.3) is 5.91 Å². The summed E-state index contributed by atoms with van der Waals surface area (Å²) in [6.45, 7) is 0. The van der Waals surface area contributed by atoms with Crippen LogP contribution in [0.25, 0.3) is 0 Å². The fourth-order valence-corrected chi connectivity index (χ4v) is 2.52. The number of methoxy groups -OCH3 is 1. The summed E-state index contributed by atoms with van der Waals surface area (Å²) in [5, 5.41) is 12.9. The molecule has 0 aliphatic heterocycles. The number of amides is 1. The molecule has 1 saturated carbocycles. The van der Waals surface area contributed by atoms with E-state index in [0.717, 1.165) is 12.8 Å². The van der Waals surface area contributed by atoms with Crippen molar-refractivity contribution in [3.63, 3.8) is 0 Å². The van der Waals surface area contributed by atoms with Crippen LogP contribution in [0, 0.1) is 0 Å². The Morgan fingerprint density at radius 2 is 1.95 bits per heavy atom. The SMILES string of the molecule is COc1ccc(C(=O)NC2CCCCCC2)c(O)c1. The van der Waals surface area contributed by atoms with Crippen molar-refractivity contribution in [2.24, 2.45) is 0 Å². The maximum absolute atomic E-state index is 12.1. The van der Waals surface area contributed by atoms with Gasteiger partial charge in [-0.2, -0.15) is 0 Å². The predicted octanol–water partition coefficient (Wildman–Crippen LogP) is 2.85. The summed E-state index contributed by atoms with van der Waals surface area (Å²) in [6, 6.07) is 4.97. The van der Waals surface area contributed by atoms with E-state index in [4.69, 9.17) is 4.74 Å². The fraction of sp³-hybridized carbons (Fsp3) is 0.533. The fourth-order valence-electron chi connectivity index (χ4n) is 2.52. The van der Waals surface area contributed by atoms with Crippen molar-refractivity contribution in [1.82, 2.24) is 5.32 Å². The number of carbonyl (C=O) groups excluding carboxylic acids is 1. The van der Waals surface area contributed by atoms with E-state index in [1.54, 1.807) is 12.1 Å². The molecule has 0 bridgehead atoms. The quantitative estimate of drug-likeness (QED) is 0.824. The van der Waals surface area contributed by atoms with Crippen molar-refractivity contribution in [2.45, 2.75) is 44.6 Å². The summed E-state index contributed by atoms with van der Waals surface area (Å²) in [5.41, 5.74) is 0.310. The zero-order chi connectivity index (χ0) is 13.7. The highest BCUT2D eigenvalue weighted by Gasteiger charge is 2.18. The van der Waals surface area contributed by atoms with Crippen LogP contribution in [0.5, 0.6) is 11.5 Å². The first-order chi connectivity index (χ1) is 9.20. The molecule has 4 nitrogen and oxygen atoms in total. The number of phenolic OH excluding ortho intramolecular Hbond substituents is 1. The van der Waals surface area contributed by atoms with Gasteiger partial charge in [0.1, 0.15) is 11.5 Å². The van der Waals surface area contributed by atoms with Crippen LogP contribution in [-0.4, -0.2) is 24.2 Å². The second kappa shape index (κ2) is 6.45. The average molecular weight is 263 g/mol. The van der Waals surface area contributed by atoms with Crippen LogP contribution in [0.2, 0.25) is 0 Å². The van der Waals surface area contributed by atoms with Crippen LogP contribution in [0.3, 0.4) is 0 Å². The normalized spacial score (nSPS) is 16.7. The van der Waals surface area contributed by atoms with Gasteiger partial charge in [-0.3, -0.25) is 4.79 Å². The number of hydrogen-bond donors (Lipinski definition) is 2. The third-order valence-electron chi connectivity index (χ3n) is 3.64. The van der Waals surface area contributed by atoms with Crippen LogP contribution in [0.1, 0.15) is 48.9 Å². The zero-order valence-electron chi connectivity index (χ0n) is 11.3. The first-order valence-electron chi connectivity index (χ1n) is 6.88. The molecule has 0 spiro atoms. The third kappa shape index (κ3) is 3.63. The molecule has 1 aromatic rings. The highest BCUT2D eigenvalue weighted by molar-refractivity contribution is 5.97. The molecular formula is C15H21NO3. The Hall–Kier alpha value is -1.71. The lowest BCUT2D eigenvalue weighted by Gasteiger charge is -2.16. The number of benzene rings is 1. The standard InChI is InChI=1S/C15H21NO3/c1-19-12-8-9-13(14(17)10-12)15(18)16-11-6-4-2-3-5-7-11/h8-11,17H,2-7H2,1H3,(H,16,18). The van der Waals surface area contributed by atoms with Gasteiger partial charge in [0, 0.05) is 12.1 Å². The van der Waals surface area contributed by atoms with Gasteiger partial charge in [-0.25, -0.2) is 0 Å². The Labute approximate surface area is 113 Å². The maximum Gasteiger partial charge on any atom is 0.255 e. The lowest BCUT2D eigenvalue weighted by Crippen LogP contribution is -2.34. The van der Waals surface area contributed by atoms with E-state index in [-0.39, 0.29) is 17.7 Å². The van der Waals surface area contributed by atoms with Gasteiger partial charge in [0.15, 0.2) is 0 Å². The van der Waals surface area contributed by atoms with Crippen LogP contribution in [0.15, 0.2) is 18.2 Å². The molecule has 104 valence electrons. The molecule has 1 amide bonds. The molecule has 0 unspecified atom stereocenters. The Kier molecular flexibility index (Phi) is 4.66. The van der Waals surface area contributed by atoms with E-state index in [9.17, 15) is 9.90 Å². The zero-order valence-corrected chi connectivity index (χ0v) is 11.3. The van der Waals surface area contributed by atoms with Gasteiger partial charge in [-0.1, -0.05) is 25.7 Å². The molecule has 1 aliphatic carbocycles. The van der Waals surface area contributed by atoms with Crippen molar-refractivity contribution in [1.29, 1.82) is 0 Å². The number of hydrogen-bond acceptors (Lipinski definition) is 3. The van der Waals surface area contributed by atoms with Crippen LogP contribution >= 0.6 is 0 Å². The van der Waals surface area contributed by atoms with Gasteiger partial charge >= 0.3 is 0 Å². The van der Waals surface area contributed by atoms with Crippen molar-refractivity contribution < 1.29 is 14.6 Å². The predicted molar refractivity (Wildman–Crippen MR) is 73.6 cm³/mol. The summed E-state index contributed by atoms with van der Waals surface area (Å²) >= 11 is 0. The molecule has 4 heteroatoms. The monoisotopic (exact) mass is 263 g/mol. The molecule has 0 heterocycles. The van der Waals surface area contributed by atoms with Gasteiger partial charge in [-0.05, 0) is 25.0 Å². The summed E-state index contributed by atoms with van der Waals surface area (Å²) in [6.07, 6.45) is 6.89. The van der Waals surface area contributed by atoms with E-state index in [1.807, 2.05) is 0 Å². The first kappa shape index (κ1) is 13.7. The van der Waals surface area contributed by atoms with Crippen molar-refractivity contribution in [3.05, 3.63) is 23.8 Å². The van der Waals surface area contributed by atoms with Gasteiger partial charge in [0.2, 0.25) is 0 Å². The van der Waals surface area contributed by atoms with E-state index in [0.29, 0.717) is 11.3 Å². The Morgan fingerprint density at radius 3 is 2.53 bits per heavy atom. The van der Waals surface area contributed by atoms with Crippen LogP contribution in [-0.2, 0) is 0 Å². The number of phenols is 1. The molecule has 0 saturated heterocycles. The Morgan fingerprint density at radius 1 is 1.26 bits per heavy atom. The van der Waals surface area contributed by atoms with Gasteiger partial charge in [0.05, 0.1) is 12.7 Å². The summed E-state index contributed by atoms with van der Waals surface area (Å²) in [7, 11) is 1.53. The van der Waals surface area contributed by atoms with Crippen molar-refractivity contribution >= 4 is 5.91 Å². The minimum Gasteiger partial charge on any atom is -0.507 e. The molecule has 1 aromatic carbocycles. The third-order valence-corrected chi connectivity index (χ3v) is 3.64. The lowest BCUT2D eigenvalue weighted by atomic mass is 10.1. The van der Waals surface area contributed by atoms with Crippen LogP contribution < -0.4 is 10.1 Å². The highest BCUT2D eigenvalue weighted by Crippen LogP contribution is 2.24. The summed E-state index contributed by atoms with van der Waals surface area (Å²) in [4.78, 5) is 12.1. The van der Waals surface area contributed by atoms with Crippen LogP contribution in [0.4, 0.5) is 0 Å². The van der Waals surface area contributed by atoms with Crippen molar-refractivity contribution in [3.8, 4) is 11.5 Å². The van der Waals surface area contributed by atoms with E-state index < -0.39 is 0 Å². The van der Waals surface area contributed by atoms with E-state index >= 15 is 0 Å². The minimum absolute atomic E-state index is 0.0366.